The first-order valence-electron chi connectivity index (χ1n) is 4.64. The van der Waals surface area contributed by atoms with Crippen molar-refractivity contribution in [3.63, 3.8) is 0 Å². The van der Waals surface area contributed by atoms with Gasteiger partial charge in [0.1, 0.15) is 5.92 Å². The highest BCUT2D eigenvalue weighted by molar-refractivity contribution is 9.10. The maximum Gasteiger partial charge on any atom is 0.241 e. The average molecular weight is 267 g/mol. The van der Waals surface area contributed by atoms with Crippen molar-refractivity contribution in [2.45, 2.75) is 13.3 Å². The summed E-state index contributed by atoms with van der Waals surface area (Å²) in [5.41, 5.74) is 0.691. The van der Waals surface area contributed by atoms with Gasteiger partial charge in [0.2, 0.25) is 5.91 Å². The van der Waals surface area contributed by atoms with Crippen LogP contribution in [-0.4, -0.2) is 5.91 Å². The summed E-state index contributed by atoms with van der Waals surface area (Å²) in [6.45, 7) is 1.81. The molecule has 0 spiro atoms. The molecule has 3 nitrogen and oxygen atoms in total. The van der Waals surface area contributed by atoms with Gasteiger partial charge in [-0.2, -0.15) is 5.26 Å². The molecule has 0 aromatic heterocycles. The van der Waals surface area contributed by atoms with Gasteiger partial charge in [-0.05, 0) is 34.5 Å². The van der Waals surface area contributed by atoms with E-state index >= 15 is 0 Å². The van der Waals surface area contributed by atoms with E-state index < -0.39 is 5.92 Å². The van der Waals surface area contributed by atoms with Crippen molar-refractivity contribution < 1.29 is 4.79 Å². The van der Waals surface area contributed by atoms with Gasteiger partial charge in [0.25, 0.3) is 0 Å². The summed E-state index contributed by atoms with van der Waals surface area (Å²) < 4.78 is 0.811. The van der Waals surface area contributed by atoms with Crippen LogP contribution >= 0.6 is 15.9 Å². The summed E-state index contributed by atoms with van der Waals surface area (Å²) in [7, 11) is 0. The smallest absolute Gasteiger partial charge is 0.241 e. The Hall–Kier alpha value is -1.34. The lowest BCUT2D eigenvalue weighted by Gasteiger charge is -2.09. The molecule has 4 heteroatoms. The van der Waals surface area contributed by atoms with Crippen LogP contribution < -0.4 is 5.32 Å². The lowest BCUT2D eigenvalue weighted by molar-refractivity contribution is -0.118. The molecular weight excluding hydrogens is 256 g/mol. The van der Waals surface area contributed by atoms with Crippen LogP contribution in [0.25, 0.3) is 0 Å². The molecule has 0 aliphatic carbocycles. The van der Waals surface area contributed by atoms with Crippen LogP contribution in [-0.2, 0) is 4.79 Å². The third-order valence-electron chi connectivity index (χ3n) is 2.01. The fraction of sp³-hybridized carbons (Fsp3) is 0.273. The number of amides is 1. The van der Waals surface area contributed by atoms with E-state index in [1.807, 2.05) is 31.2 Å². The maximum absolute atomic E-state index is 11.6. The van der Waals surface area contributed by atoms with Crippen molar-refractivity contribution in [1.29, 1.82) is 5.26 Å². The van der Waals surface area contributed by atoms with E-state index in [2.05, 4.69) is 21.2 Å². The summed E-state index contributed by atoms with van der Waals surface area (Å²) in [5.74, 6) is -0.844. The van der Waals surface area contributed by atoms with E-state index in [0.717, 1.165) is 4.47 Å². The largest absolute Gasteiger partial charge is 0.324 e. The van der Waals surface area contributed by atoms with Crippen molar-refractivity contribution in [2.24, 2.45) is 5.92 Å². The van der Waals surface area contributed by atoms with E-state index in [1.54, 1.807) is 6.07 Å². The van der Waals surface area contributed by atoms with E-state index in [-0.39, 0.29) is 5.91 Å². The second kappa shape index (κ2) is 5.52. The number of anilines is 1. The summed E-state index contributed by atoms with van der Waals surface area (Å²) >= 11 is 3.32. The zero-order valence-electron chi connectivity index (χ0n) is 8.33. The molecule has 1 unspecified atom stereocenters. The molecule has 0 saturated carbocycles. The lowest BCUT2D eigenvalue weighted by atomic mass is 10.1. The number of para-hydroxylation sites is 1. The van der Waals surface area contributed by atoms with Crippen LogP contribution in [0.2, 0.25) is 0 Å². The van der Waals surface area contributed by atoms with E-state index in [9.17, 15) is 4.79 Å². The fourth-order valence-electron chi connectivity index (χ4n) is 1.12. The first kappa shape index (κ1) is 11.7. The molecule has 1 amide bonds. The predicted octanol–water partition coefficient (Wildman–Crippen LogP) is 2.94. The third kappa shape index (κ3) is 3.07. The highest BCUT2D eigenvalue weighted by Crippen LogP contribution is 2.21. The molecule has 1 aromatic carbocycles. The van der Waals surface area contributed by atoms with Gasteiger partial charge < -0.3 is 5.32 Å². The Bertz CT molecular complexity index is 398. The second-order valence-corrected chi connectivity index (χ2v) is 3.91. The van der Waals surface area contributed by atoms with E-state index in [4.69, 9.17) is 5.26 Å². The summed E-state index contributed by atoms with van der Waals surface area (Å²) in [6, 6.07) is 9.27. The van der Waals surface area contributed by atoms with Gasteiger partial charge in [0.15, 0.2) is 0 Å². The number of nitrogens with zero attached hydrogens (tertiary/aromatic N) is 1. The number of halogens is 1. The van der Waals surface area contributed by atoms with Crippen molar-refractivity contribution in [1.82, 2.24) is 0 Å². The summed E-state index contributed by atoms with van der Waals surface area (Å²) in [5, 5.41) is 11.4. The molecule has 0 heterocycles. The standard InChI is InChI=1S/C11H11BrN2O/c1-2-8(7-13)11(15)14-10-6-4-3-5-9(10)12/h3-6,8H,2H2,1H3,(H,14,15). The molecule has 1 atom stereocenters. The molecule has 0 radical (unpaired) electrons. The van der Waals surface area contributed by atoms with Gasteiger partial charge >= 0.3 is 0 Å². The Morgan fingerprint density at radius 2 is 2.27 bits per heavy atom. The number of carbonyl (C=O) groups is 1. The molecule has 78 valence electrons. The van der Waals surface area contributed by atoms with Crippen LogP contribution in [0.4, 0.5) is 5.69 Å². The average Bonchev–Trinajstić information content (AvgIpc) is 2.23. The molecular formula is C11H11BrN2O. The maximum atomic E-state index is 11.6. The van der Waals surface area contributed by atoms with Crippen LogP contribution in [0.3, 0.4) is 0 Å². The second-order valence-electron chi connectivity index (χ2n) is 3.06. The molecule has 15 heavy (non-hydrogen) atoms. The van der Waals surface area contributed by atoms with Crippen molar-refractivity contribution in [2.75, 3.05) is 5.32 Å². The Labute approximate surface area is 97.2 Å². The van der Waals surface area contributed by atoms with Crippen LogP contribution in [0.15, 0.2) is 28.7 Å². The number of hydrogen-bond donors (Lipinski definition) is 1. The highest BCUT2D eigenvalue weighted by atomic mass is 79.9. The van der Waals surface area contributed by atoms with Gasteiger partial charge in [0, 0.05) is 4.47 Å². The van der Waals surface area contributed by atoms with Crippen LogP contribution in [0.5, 0.6) is 0 Å². The number of nitrogens with one attached hydrogen (secondary N) is 1. The monoisotopic (exact) mass is 266 g/mol. The van der Waals surface area contributed by atoms with Gasteiger partial charge in [-0.25, -0.2) is 0 Å². The molecule has 0 aliphatic heterocycles. The Kier molecular flexibility index (Phi) is 4.32. The first-order valence-corrected chi connectivity index (χ1v) is 5.43. The number of rotatable bonds is 3. The van der Waals surface area contributed by atoms with Crippen LogP contribution in [0, 0.1) is 17.2 Å². The molecule has 1 aromatic rings. The number of benzene rings is 1. The SMILES string of the molecule is CCC(C#N)C(=O)Nc1ccccc1Br. The Morgan fingerprint density at radius 3 is 2.80 bits per heavy atom. The van der Waals surface area contributed by atoms with Crippen molar-refractivity contribution >= 4 is 27.5 Å². The molecule has 0 bridgehead atoms. The normalized spacial score (nSPS) is 11.5. The van der Waals surface area contributed by atoms with E-state index in [1.165, 1.54) is 0 Å². The molecule has 1 rings (SSSR count). The minimum atomic E-state index is -0.586. The van der Waals surface area contributed by atoms with Gasteiger partial charge in [-0.3, -0.25) is 4.79 Å². The predicted molar refractivity (Wildman–Crippen MR) is 62.2 cm³/mol. The van der Waals surface area contributed by atoms with Gasteiger partial charge in [0.05, 0.1) is 11.8 Å². The topological polar surface area (TPSA) is 52.9 Å². The van der Waals surface area contributed by atoms with Crippen molar-refractivity contribution in [3.8, 4) is 6.07 Å². The molecule has 0 fully saturated rings. The minimum absolute atomic E-state index is 0.257. The zero-order valence-corrected chi connectivity index (χ0v) is 9.91. The van der Waals surface area contributed by atoms with Gasteiger partial charge in [-0.15, -0.1) is 0 Å². The minimum Gasteiger partial charge on any atom is -0.324 e. The van der Waals surface area contributed by atoms with E-state index in [0.29, 0.717) is 12.1 Å². The number of hydrogen-bond acceptors (Lipinski definition) is 2. The van der Waals surface area contributed by atoms with Gasteiger partial charge in [-0.1, -0.05) is 19.1 Å². The highest BCUT2D eigenvalue weighted by Gasteiger charge is 2.15. The molecule has 0 saturated heterocycles. The quantitative estimate of drug-likeness (QED) is 0.915. The number of nitriles is 1. The first-order chi connectivity index (χ1) is 7.19. The fourth-order valence-corrected chi connectivity index (χ4v) is 1.50. The molecule has 0 aliphatic rings. The number of carbonyl (C=O) groups excluding carboxylic acids is 1. The Morgan fingerprint density at radius 1 is 1.60 bits per heavy atom. The summed E-state index contributed by atoms with van der Waals surface area (Å²) in [4.78, 5) is 11.6. The molecule has 1 N–H and O–H groups in total. The zero-order chi connectivity index (χ0) is 11.3. The van der Waals surface area contributed by atoms with Crippen molar-refractivity contribution in [3.05, 3.63) is 28.7 Å². The summed E-state index contributed by atoms with van der Waals surface area (Å²) in [6.07, 6.45) is 0.521. The third-order valence-corrected chi connectivity index (χ3v) is 2.70. The van der Waals surface area contributed by atoms with Crippen LogP contribution in [0.1, 0.15) is 13.3 Å². The Balaban J connectivity index is 2.75. The lowest BCUT2D eigenvalue weighted by Crippen LogP contribution is -2.21.